The lowest BCUT2D eigenvalue weighted by Crippen LogP contribution is -2.29. The Morgan fingerprint density at radius 2 is 1.39 bits per heavy atom. The molecular weight excluding hydrogens is 524 g/mol. The second kappa shape index (κ2) is 10.9. The third-order valence-corrected chi connectivity index (χ3v) is 8.04. The van der Waals surface area contributed by atoms with Crippen LogP contribution in [-0.2, 0) is 0 Å². The average molecular weight is 559 g/mol. The van der Waals surface area contributed by atoms with E-state index in [1.807, 2.05) is 42.6 Å². The molecule has 1 N–H and O–H groups in total. The lowest BCUT2D eigenvalue weighted by Gasteiger charge is -2.28. The van der Waals surface area contributed by atoms with Gasteiger partial charge in [0.25, 0.3) is 0 Å². The highest BCUT2D eigenvalue weighted by atomic mass is 32.1. The van der Waals surface area contributed by atoms with Crippen molar-refractivity contribution in [3.05, 3.63) is 137 Å². The minimum absolute atomic E-state index is 0.0906. The van der Waals surface area contributed by atoms with Crippen LogP contribution in [0.15, 0.2) is 97.2 Å². The number of anilines is 1. The van der Waals surface area contributed by atoms with Crippen molar-refractivity contribution in [3.8, 4) is 17.2 Å². The smallest absolute Gasteiger partial charge is 0.174 e. The molecule has 206 valence electrons. The van der Waals surface area contributed by atoms with Crippen molar-refractivity contribution in [2.75, 3.05) is 4.90 Å². The molecule has 0 spiro atoms. The lowest BCUT2D eigenvalue weighted by atomic mass is 9.96. The van der Waals surface area contributed by atoms with Crippen molar-refractivity contribution in [2.24, 2.45) is 0 Å². The zero-order chi connectivity index (χ0) is 28.7. The van der Waals surface area contributed by atoms with Crippen molar-refractivity contribution in [1.82, 2.24) is 14.9 Å². The topological polar surface area (TPSA) is 42.3 Å². The molecule has 5 nitrogen and oxygen atoms in total. The summed E-state index contributed by atoms with van der Waals surface area (Å²) in [7, 11) is 0. The van der Waals surface area contributed by atoms with Gasteiger partial charge in [-0.2, -0.15) is 0 Å². The first-order valence-electron chi connectivity index (χ1n) is 13.9. The van der Waals surface area contributed by atoms with Gasteiger partial charge in [-0.3, -0.25) is 4.98 Å². The third-order valence-electron chi connectivity index (χ3n) is 7.72. The van der Waals surface area contributed by atoms with Gasteiger partial charge in [0.05, 0.1) is 17.8 Å². The van der Waals surface area contributed by atoms with E-state index in [1.165, 1.54) is 39.3 Å². The van der Waals surface area contributed by atoms with Gasteiger partial charge in [0.2, 0.25) is 0 Å². The van der Waals surface area contributed by atoms with Gasteiger partial charge < -0.3 is 19.5 Å². The number of ether oxygens (including phenoxy) is 1. The number of thiocarbonyl (C=S) groups is 1. The molecule has 0 amide bonds. The Morgan fingerprint density at radius 1 is 0.732 bits per heavy atom. The van der Waals surface area contributed by atoms with E-state index in [1.54, 1.807) is 0 Å². The molecule has 6 heteroatoms. The van der Waals surface area contributed by atoms with Crippen LogP contribution in [0.4, 0.5) is 5.69 Å². The Hall–Kier alpha value is -4.42. The highest BCUT2D eigenvalue weighted by molar-refractivity contribution is 7.80. The first kappa shape index (κ1) is 26.8. The van der Waals surface area contributed by atoms with Gasteiger partial charge >= 0.3 is 0 Å². The van der Waals surface area contributed by atoms with Crippen molar-refractivity contribution < 1.29 is 4.74 Å². The second-order valence-electron chi connectivity index (χ2n) is 10.9. The Kier molecular flexibility index (Phi) is 7.10. The maximum Gasteiger partial charge on any atom is 0.174 e. The summed E-state index contributed by atoms with van der Waals surface area (Å²) >= 11 is 5.99. The van der Waals surface area contributed by atoms with Crippen molar-refractivity contribution in [2.45, 2.75) is 46.7 Å². The van der Waals surface area contributed by atoms with Gasteiger partial charge in [0, 0.05) is 29.0 Å². The Labute approximate surface area is 247 Å². The molecule has 2 atom stereocenters. The number of benzene rings is 3. The molecule has 0 bridgehead atoms. The second-order valence-corrected chi connectivity index (χ2v) is 11.3. The Bertz CT molecular complexity index is 1690. The van der Waals surface area contributed by atoms with Crippen LogP contribution in [-0.4, -0.2) is 14.7 Å². The summed E-state index contributed by atoms with van der Waals surface area (Å²) in [4.78, 5) is 6.95. The highest BCUT2D eigenvalue weighted by Gasteiger charge is 2.42. The lowest BCUT2D eigenvalue weighted by molar-refractivity contribution is 0.482. The molecule has 3 heterocycles. The molecule has 0 radical (unpaired) electrons. The number of rotatable bonds is 6. The van der Waals surface area contributed by atoms with Crippen LogP contribution < -0.4 is 15.0 Å². The molecule has 3 aromatic carbocycles. The standard InChI is InChI=1S/C35H34N4OS/c1-22-9-13-29(14-10-22)40-30-15-11-27(12-16-30)39-34(33(37-35(39)41)32-8-6-7-17-36-32)31-21-25(4)38(26(31)5)28-19-23(2)18-24(3)20-28/h6-21,33-34H,1-5H3,(H,37,41). The molecule has 0 saturated carbocycles. The highest BCUT2D eigenvalue weighted by Crippen LogP contribution is 2.44. The van der Waals surface area contributed by atoms with Crippen LogP contribution in [0.5, 0.6) is 11.5 Å². The summed E-state index contributed by atoms with van der Waals surface area (Å²) < 4.78 is 8.46. The van der Waals surface area contributed by atoms with E-state index < -0.39 is 0 Å². The van der Waals surface area contributed by atoms with Gasteiger partial charge in [0.1, 0.15) is 11.5 Å². The quantitative estimate of drug-likeness (QED) is 0.212. The fourth-order valence-corrected chi connectivity index (χ4v) is 6.28. The third kappa shape index (κ3) is 5.23. The van der Waals surface area contributed by atoms with E-state index in [0.717, 1.165) is 22.9 Å². The van der Waals surface area contributed by atoms with Crippen molar-refractivity contribution >= 4 is 23.0 Å². The summed E-state index contributed by atoms with van der Waals surface area (Å²) in [5.41, 5.74) is 10.4. The van der Waals surface area contributed by atoms with Gasteiger partial charge in [0.15, 0.2) is 5.11 Å². The fraction of sp³-hybridized carbons (Fsp3) is 0.200. The van der Waals surface area contributed by atoms with Crippen LogP contribution in [0.1, 0.15) is 51.4 Å². The van der Waals surface area contributed by atoms with E-state index in [-0.39, 0.29) is 12.1 Å². The molecule has 0 aliphatic carbocycles. The van der Waals surface area contributed by atoms with Gasteiger partial charge in [-0.1, -0.05) is 29.8 Å². The number of hydrogen-bond acceptors (Lipinski definition) is 3. The minimum atomic E-state index is -0.111. The zero-order valence-electron chi connectivity index (χ0n) is 24.1. The molecule has 1 fully saturated rings. The molecule has 1 aliphatic heterocycles. The number of aryl methyl sites for hydroxylation is 4. The van der Waals surface area contributed by atoms with Crippen LogP contribution in [0.2, 0.25) is 0 Å². The molecule has 41 heavy (non-hydrogen) atoms. The largest absolute Gasteiger partial charge is 0.457 e. The van der Waals surface area contributed by atoms with Crippen LogP contribution in [0, 0.1) is 34.6 Å². The average Bonchev–Trinajstić information content (AvgIpc) is 3.45. The summed E-state index contributed by atoms with van der Waals surface area (Å²) in [6.45, 7) is 10.7. The number of nitrogens with zero attached hydrogens (tertiary/aromatic N) is 3. The Morgan fingerprint density at radius 3 is 2.02 bits per heavy atom. The molecule has 2 aromatic heterocycles. The Balaban J connectivity index is 1.41. The van der Waals surface area contributed by atoms with Crippen LogP contribution in [0.3, 0.4) is 0 Å². The van der Waals surface area contributed by atoms with Gasteiger partial charge in [-0.25, -0.2) is 0 Å². The monoisotopic (exact) mass is 558 g/mol. The summed E-state index contributed by atoms with van der Waals surface area (Å²) in [5, 5.41) is 4.27. The predicted octanol–water partition coefficient (Wildman–Crippen LogP) is 8.38. The maximum atomic E-state index is 6.11. The van der Waals surface area contributed by atoms with E-state index in [2.05, 4.69) is 104 Å². The maximum absolute atomic E-state index is 6.11. The molecule has 5 aromatic rings. The van der Waals surface area contributed by atoms with Gasteiger partial charge in [-0.15, -0.1) is 0 Å². The number of aromatic nitrogens is 2. The van der Waals surface area contributed by atoms with Crippen LogP contribution >= 0.6 is 12.2 Å². The zero-order valence-corrected chi connectivity index (χ0v) is 24.9. The SMILES string of the molecule is Cc1ccc(Oc2ccc(N3C(=S)NC(c4ccccn4)C3c3cc(C)n(-c4cc(C)cc(C)c4)c3C)cc2)cc1. The van der Waals surface area contributed by atoms with Crippen molar-refractivity contribution in [3.63, 3.8) is 0 Å². The van der Waals surface area contributed by atoms with E-state index in [9.17, 15) is 0 Å². The van der Waals surface area contributed by atoms with E-state index in [0.29, 0.717) is 5.11 Å². The number of pyridine rings is 1. The molecular formula is C35H34N4OS. The number of hydrogen-bond donors (Lipinski definition) is 1. The number of nitrogens with one attached hydrogen (secondary N) is 1. The summed E-state index contributed by atoms with van der Waals surface area (Å²) in [5.74, 6) is 1.59. The molecule has 2 unspecified atom stereocenters. The van der Waals surface area contributed by atoms with E-state index >= 15 is 0 Å². The molecule has 6 rings (SSSR count). The molecule has 1 saturated heterocycles. The predicted molar refractivity (Wildman–Crippen MR) is 170 cm³/mol. The first-order chi connectivity index (χ1) is 19.8. The van der Waals surface area contributed by atoms with Gasteiger partial charge in [-0.05, 0) is 130 Å². The normalized spacial score (nSPS) is 16.6. The van der Waals surface area contributed by atoms with Crippen molar-refractivity contribution in [1.29, 1.82) is 0 Å². The fourth-order valence-electron chi connectivity index (χ4n) is 5.93. The summed E-state index contributed by atoms with van der Waals surface area (Å²) in [6, 6.07) is 31.1. The first-order valence-corrected chi connectivity index (χ1v) is 14.3. The summed E-state index contributed by atoms with van der Waals surface area (Å²) in [6.07, 6.45) is 1.84. The minimum Gasteiger partial charge on any atom is -0.457 e. The van der Waals surface area contributed by atoms with E-state index in [4.69, 9.17) is 21.9 Å². The molecule has 1 aliphatic rings. The van der Waals surface area contributed by atoms with Crippen LogP contribution in [0.25, 0.3) is 5.69 Å².